The van der Waals surface area contributed by atoms with E-state index in [2.05, 4.69) is 25.7 Å². The minimum Gasteiger partial charge on any atom is -0.394 e. The maximum absolute atomic E-state index is 14.2. The van der Waals surface area contributed by atoms with Crippen LogP contribution in [0.15, 0.2) is 30.7 Å². The molecule has 0 atom stereocenters. The van der Waals surface area contributed by atoms with E-state index in [0.717, 1.165) is 0 Å². The molecule has 1 amide bonds. The lowest BCUT2D eigenvalue weighted by Crippen LogP contribution is -2.17. The van der Waals surface area contributed by atoms with Gasteiger partial charge in [0.2, 0.25) is 5.95 Å². The van der Waals surface area contributed by atoms with Crippen molar-refractivity contribution in [3.8, 4) is 0 Å². The summed E-state index contributed by atoms with van der Waals surface area (Å²) in [4.78, 5) is 19.9. The molecule has 0 radical (unpaired) electrons. The highest BCUT2D eigenvalue weighted by Crippen LogP contribution is 2.21. The van der Waals surface area contributed by atoms with Crippen molar-refractivity contribution >= 4 is 23.4 Å². The number of halogens is 2. The average Bonchev–Trinajstić information content (AvgIpc) is 3.12. The minimum atomic E-state index is -0.792. The summed E-state index contributed by atoms with van der Waals surface area (Å²) in [6.45, 7) is 1.54. The summed E-state index contributed by atoms with van der Waals surface area (Å²) in [6.07, 6.45) is 4.35. The first kappa shape index (κ1) is 20.1. The number of carbonyl (C=O) groups excluding carboxylic acids is 1. The number of aliphatic hydroxyl groups is 1. The molecule has 0 saturated heterocycles. The number of aryl methyl sites for hydroxylation is 1. The number of carbonyl (C=O) groups is 1. The summed E-state index contributed by atoms with van der Waals surface area (Å²) in [5.74, 6) is -2.05. The third kappa shape index (κ3) is 4.63. The highest BCUT2D eigenvalue weighted by atomic mass is 19.1. The fourth-order valence-electron chi connectivity index (χ4n) is 2.59. The molecule has 9 nitrogen and oxygen atoms in total. The van der Waals surface area contributed by atoms with Crippen molar-refractivity contribution in [2.24, 2.45) is 5.73 Å². The summed E-state index contributed by atoms with van der Waals surface area (Å²) in [5, 5.41) is 18.6. The predicted octanol–water partition coefficient (Wildman–Crippen LogP) is 1.71. The first-order valence-electron chi connectivity index (χ1n) is 8.63. The second kappa shape index (κ2) is 8.61. The number of anilines is 3. The molecule has 2 aromatic heterocycles. The van der Waals surface area contributed by atoms with Gasteiger partial charge in [0.25, 0.3) is 5.91 Å². The van der Waals surface area contributed by atoms with E-state index in [0.29, 0.717) is 17.8 Å². The number of amides is 1. The van der Waals surface area contributed by atoms with Gasteiger partial charge in [-0.1, -0.05) is 6.07 Å². The summed E-state index contributed by atoms with van der Waals surface area (Å²) in [7, 11) is 0. The maximum Gasteiger partial charge on any atom is 0.254 e. The van der Waals surface area contributed by atoms with Gasteiger partial charge in [0.15, 0.2) is 0 Å². The Labute approximate surface area is 164 Å². The molecule has 3 rings (SSSR count). The highest BCUT2D eigenvalue weighted by molar-refractivity contribution is 5.97. The molecule has 0 fully saturated rings. The van der Waals surface area contributed by atoms with Crippen LogP contribution in [0.4, 0.5) is 26.2 Å². The van der Waals surface area contributed by atoms with Crippen LogP contribution >= 0.6 is 0 Å². The monoisotopic (exact) mass is 403 g/mol. The standard InChI is InChI=1S/C18H19F2N7O2/c1-10-2-3-14(19)12(15(10)20)7-22-17-13(16(21)29)8-23-18(26-17)25-11-6-24-27(9-11)4-5-28/h2-3,6,8-9,28H,4-5,7H2,1H3,(H2,21,29)(H2,22,23,25,26). The molecular weight excluding hydrogens is 384 g/mol. The molecule has 1 aromatic carbocycles. The van der Waals surface area contributed by atoms with E-state index < -0.39 is 17.5 Å². The zero-order valence-corrected chi connectivity index (χ0v) is 15.5. The van der Waals surface area contributed by atoms with Gasteiger partial charge in [-0.2, -0.15) is 10.1 Å². The van der Waals surface area contributed by atoms with Gasteiger partial charge in [-0.15, -0.1) is 0 Å². The van der Waals surface area contributed by atoms with Gasteiger partial charge < -0.3 is 21.5 Å². The molecule has 5 N–H and O–H groups in total. The maximum atomic E-state index is 14.2. The van der Waals surface area contributed by atoms with Crippen molar-refractivity contribution in [3.05, 3.63) is 59.0 Å². The number of benzene rings is 1. The van der Waals surface area contributed by atoms with Crippen LogP contribution in [0.1, 0.15) is 21.5 Å². The quantitative estimate of drug-likeness (QED) is 0.450. The highest BCUT2D eigenvalue weighted by Gasteiger charge is 2.16. The molecule has 0 aliphatic heterocycles. The zero-order valence-electron chi connectivity index (χ0n) is 15.5. The molecule has 152 valence electrons. The fraction of sp³-hybridized carbons (Fsp3) is 0.222. The van der Waals surface area contributed by atoms with Crippen LogP contribution in [0.25, 0.3) is 0 Å². The molecule has 0 saturated carbocycles. The zero-order chi connectivity index (χ0) is 21.0. The summed E-state index contributed by atoms with van der Waals surface area (Å²) >= 11 is 0. The Morgan fingerprint density at radius 1 is 1.31 bits per heavy atom. The molecule has 29 heavy (non-hydrogen) atoms. The van der Waals surface area contributed by atoms with E-state index in [9.17, 15) is 13.6 Å². The number of hydrogen-bond donors (Lipinski definition) is 4. The lowest BCUT2D eigenvalue weighted by molar-refractivity contribution is 0.100. The van der Waals surface area contributed by atoms with Crippen LogP contribution in [0, 0.1) is 18.6 Å². The molecular formula is C18H19F2N7O2. The normalized spacial score (nSPS) is 10.8. The Morgan fingerprint density at radius 2 is 2.10 bits per heavy atom. The Morgan fingerprint density at radius 3 is 2.83 bits per heavy atom. The van der Waals surface area contributed by atoms with Crippen molar-refractivity contribution in [3.63, 3.8) is 0 Å². The van der Waals surface area contributed by atoms with Gasteiger partial charge in [-0.25, -0.2) is 13.8 Å². The number of nitrogens with zero attached hydrogens (tertiary/aromatic N) is 4. The number of nitrogens with two attached hydrogens (primary N) is 1. The molecule has 2 heterocycles. The molecule has 0 unspecified atom stereocenters. The molecule has 0 spiro atoms. The van der Waals surface area contributed by atoms with Gasteiger partial charge in [0, 0.05) is 24.5 Å². The average molecular weight is 403 g/mol. The van der Waals surface area contributed by atoms with Crippen molar-refractivity contribution < 1.29 is 18.7 Å². The van der Waals surface area contributed by atoms with Crippen molar-refractivity contribution in [1.29, 1.82) is 0 Å². The van der Waals surface area contributed by atoms with Crippen molar-refractivity contribution in [2.75, 3.05) is 17.2 Å². The predicted molar refractivity (Wildman–Crippen MR) is 102 cm³/mol. The van der Waals surface area contributed by atoms with Crippen LogP contribution in [0.5, 0.6) is 0 Å². The third-order valence-electron chi connectivity index (χ3n) is 4.08. The largest absolute Gasteiger partial charge is 0.394 e. The second-order valence-electron chi connectivity index (χ2n) is 6.17. The van der Waals surface area contributed by atoms with Gasteiger partial charge in [-0.3, -0.25) is 9.48 Å². The smallest absolute Gasteiger partial charge is 0.254 e. The van der Waals surface area contributed by atoms with Crippen molar-refractivity contribution in [2.45, 2.75) is 20.0 Å². The fourth-order valence-corrected chi connectivity index (χ4v) is 2.59. The Bertz CT molecular complexity index is 1040. The Kier molecular flexibility index (Phi) is 5.98. The van der Waals surface area contributed by atoms with E-state index in [-0.39, 0.29) is 36.0 Å². The summed E-state index contributed by atoms with van der Waals surface area (Å²) in [6, 6.07) is 2.51. The van der Waals surface area contributed by atoms with Crippen LogP contribution in [0.2, 0.25) is 0 Å². The number of primary amides is 1. The molecule has 3 aromatic rings. The number of aliphatic hydroxyl groups excluding tert-OH is 1. The van der Waals surface area contributed by atoms with Gasteiger partial charge in [0.1, 0.15) is 17.5 Å². The summed E-state index contributed by atoms with van der Waals surface area (Å²) < 4.78 is 29.7. The van der Waals surface area contributed by atoms with Crippen LogP contribution < -0.4 is 16.4 Å². The third-order valence-corrected chi connectivity index (χ3v) is 4.08. The van der Waals surface area contributed by atoms with E-state index in [1.807, 2.05) is 0 Å². The molecule has 11 heteroatoms. The lowest BCUT2D eigenvalue weighted by Gasteiger charge is -2.12. The lowest BCUT2D eigenvalue weighted by atomic mass is 10.1. The van der Waals surface area contributed by atoms with Crippen LogP contribution in [-0.2, 0) is 13.1 Å². The first-order valence-corrected chi connectivity index (χ1v) is 8.63. The van der Waals surface area contributed by atoms with E-state index in [1.165, 1.54) is 36.1 Å². The molecule has 0 bridgehead atoms. The number of aromatic nitrogens is 4. The van der Waals surface area contributed by atoms with Gasteiger partial charge >= 0.3 is 0 Å². The van der Waals surface area contributed by atoms with E-state index in [4.69, 9.17) is 10.8 Å². The number of nitrogens with one attached hydrogen (secondary N) is 2. The van der Waals surface area contributed by atoms with Crippen LogP contribution in [0.3, 0.4) is 0 Å². The van der Waals surface area contributed by atoms with Gasteiger partial charge in [0.05, 0.1) is 30.6 Å². The number of hydrogen-bond acceptors (Lipinski definition) is 7. The topological polar surface area (TPSA) is 131 Å². The summed E-state index contributed by atoms with van der Waals surface area (Å²) in [5.41, 5.74) is 5.98. The Hall–Kier alpha value is -3.60. The first-order chi connectivity index (χ1) is 13.9. The second-order valence-corrected chi connectivity index (χ2v) is 6.17. The molecule has 0 aliphatic rings. The van der Waals surface area contributed by atoms with E-state index >= 15 is 0 Å². The number of rotatable bonds is 8. The Balaban J connectivity index is 1.83. The minimum absolute atomic E-state index is 0.0260. The van der Waals surface area contributed by atoms with Crippen LogP contribution in [-0.4, -0.2) is 37.4 Å². The van der Waals surface area contributed by atoms with Gasteiger partial charge in [-0.05, 0) is 18.6 Å². The van der Waals surface area contributed by atoms with Crippen molar-refractivity contribution in [1.82, 2.24) is 19.7 Å². The SMILES string of the molecule is Cc1ccc(F)c(CNc2nc(Nc3cnn(CCO)c3)ncc2C(N)=O)c1F. The van der Waals surface area contributed by atoms with E-state index in [1.54, 1.807) is 6.20 Å². The molecule has 0 aliphatic carbocycles.